The minimum atomic E-state index is -1.18. The zero-order valence-corrected chi connectivity index (χ0v) is 9.68. The molecule has 6 heteroatoms. The lowest BCUT2D eigenvalue weighted by molar-refractivity contribution is 0.369. The molecule has 0 aliphatic carbocycles. The topological polar surface area (TPSA) is 29.5 Å². The minimum absolute atomic E-state index is 0.292. The molecular formula is C13H8F4O2. The smallest absolute Gasteiger partial charge is 0.198 e. The molecule has 0 spiro atoms. The molecule has 19 heavy (non-hydrogen) atoms. The molecule has 0 bridgehead atoms. The second-order valence-electron chi connectivity index (χ2n) is 3.80. The standard InChI is InChI=1S/C13H8F4O2/c1-6-11(18)9(16)5-10(17)12(6)19-13-7(14)3-2-4-8(13)15/h2-5,18H,1H3. The maximum absolute atomic E-state index is 13.5. The van der Waals surface area contributed by atoms with E-state index in [1.165, 1.54) is 0 Å². The summed E-state index contributed by atoms with van der Waals surface area (Å²) < 4.78 is 58.0. The van der Waals surface area contributed by atoms with Crippen LogP contribution in [0.4, 0.5) is 17.6 Å². The van der Waals surface area contributed by atoms with Crippen LogP contribution in [0.3, 0.4) is 0 Å². The van der Waals surface area contributed by atoms with Crippen molar-refractivity contribution in [2.75, 3.05) is 0 Å². The summed E-state index contributed by atoms with van der Waals surface area (Å²) in [7, 11) is 0. The van der Waals surface area contributed by atoms with Crippen LogP contribution in [0.5, 0.6) is 17.2 Å². The van der Waals surface area contributed by atoms with E-state index in [1.807, 2.05) is 0 Å². The predicted octanol–water partition coefficient (Wildman–Crippen LogP) is 4.05. The van der Waals surface area contributed by atoms with Crippen LogP contribution in [0.25, 0.3) is 0 Å². The van der Waals surface area contributed by atoms with Crippen molar-refractivity contribution in [3.8, 4) is 17.2 Å². The number of hydrogen-bond acceptors (Lipinski definition) is 2. The average molecular weight is 272 g/mol. The number of phenolic OH excluding ortho intramolecular Hbond substituents is 1. The van der Waals surface area contributed by atoms with Gasteiger partial charge in [0.2, 0.25) is 0 Å². The van der Waals surface area contributed by atoms with E-state index in [2.05, 4.69) is 0 Å². The summed E-state index contributed by atoms with van der Waals surface area (Å²) in [5.74, 6) is -6.73. The SMILES string of the molecule is Cc1c(O)c(F)cc(F)c1Oc1c(F)cccc1F. The maximum Gasteiger partial charge on any atom is 0.198 e. The normalized spacial score (nSPS) is 10.6. The lowest BCUT2D eigenvalue weighted by Crippen LogP contribution is -1.98. The van der Waals surface area contributed by atoms with E-state index >= 15 is 0 Å². The van der Waals surface area contributed by atoms with Gasteiger partial charge < -0.3 is 9.84 Å². The summed E-state index contributed by atoms with van der Waals surface area (Å²) in [5.41, 5.74) is -0.292. The van der Waals surface area contributed by atoms with Gasteiger partial charge in [0.25, 0.3) is 0 Å². The molecule has 2 aromatic carbocycles. The Morgan fingerprint density at radius 1 is 0.895 bits per heavy atom. The van der Waals surface area contributed by atoms with Crippen molar-refractivity contribution >= 4 is 0 Å². The first-order chi connectivity index (χ1) is 8.91. The van der Waals surface area contributed by atoms with Gasteiger partial charge in [-0.3, -0.25) is 0 Å². The lowest BCUT2D eigenvalue weighted by Gasteiger charge is -2.12. The quantitative estimate of drug-likeness (QED) is 0.836. The van der Waals surface area contributed by atoms with Gasteiger partial charge in [0.05, 0.1) is 0 Å². The highest BCUT2D eigenvalue weighted by Gasteiger charge is 2.20. The Kier molecular flexibility index (Phi) is 3.33. The Bertz CT molecular complexity index is 621. The Balaban J connectivity index is 2.53. The largest absolute Gasteiger partial charge is 0.505 e. The van der Waals surface area contributed by atoms with Gasteiger partial charge in [0, 0.05) is 11.6 Å². The van der Waals surface area contributed by atoms with E-state index in [9.17, 15) is 22.7 Å². The van der Waals surface area contributed by atoms with Crippen LogP contribution < -0.4 is 4.74 Å². The number of ether oxygens (including phenoxy) is 1. The van der Waals surface area contributed by atoms with Gasteiger partial charge in [0.1, 0.15) is 0 Å². The average Bonchev–Trinajstić information content (AvgIpc) is 2.35. The Hall–Kier alpha value is -2.24. The van der Waals surface area contributed by atoms with Crippen molar-refractivity contribution in [2.24, 2.45) is 0 Å². The molecule has 1 N–H and O–H groups in total. The van der Waals surface area contributed by atoms with Crippen molar-refractivity contribution in [3.05, 3.63) is 53.1 Å². The van der Waals surface area contributed by atoms with E-state index in [0.29, 0.717) is 6.07 Å². The molecule has 0 unspecified atom stereocenters. The van der Waals surface area contributed by atoms with E-state index in [-0.39, 0.29) is 5.56 Å². The molecule has 100 valence electrons. The number of phenols is 1. The fourth-order valence-corrected chi connectivity index (χ4v) is 1.52. The van der Waals surface area contributed by atoms with E-state index in [1.54, 1.807) is 0 Å². The summed E-state index contributed by atoms with van der Waals surface area (Å²) in [6.07, 6.45) is 0. The highest BCUT2D eigenvalue weighted by atomic mass is 19.1. The van der Waals surface area contributed by atoms with Crippen molar-refractivity contribution in [1.82, 2.24) is 0 Å². The van der Waals surface area contributed by atoms with Gasteiger partial charge in [-0.15, -0.1) is 0 Å². The summed E-state index contributed by atoms with van der Waals surface area (Å²) in [4.78, 5) is 0. The molecule has 0 aliphatic heterocycles. The highest BCUT2D eigenvalue weighted by Crippen LogP contribution is 2.36. The third-order valence-electron chi connectivity index (χ3n) is 2.52. The molecule has 2 aromatic rings. The molecule has 0 fully saturated rings. The van der Waals surface area contributed by atoms with E-state index < -0.39 is 40.5 Å². The lowest BCUT2D eigenvalue weighted by atomic mass is 10.2. The second kappa shape index (κ2) is 4.79. The summed E-state index contributed by atoms with van der Waals surface area (Å²) in [6, 6.07) is 3.34. The third-order valence-corrected chi connectivity index (χ3v) is 2.52. The molecule has 0 saturated heterocycles. The summed E-state index contributed by atoms with van der Waals surface area (Å²) in [5, 5.41) is 9.32. The third kappa shape index (κ3) is 2.33. The minimum Gasteiger partial charge on any atom is -0.505 e. The van der Waals surface area contributed by atoms with Crippen LogP contribution in [0.15, 0.2) is 24.3 Å². The molecule has 2 rings (SSSR count). The van der Waals surface area contributed by atoms with Gasteiger partial charge in [-0.2, -0.15) is 0 Å². The predicted molar refractivity (Wildman–Crippen MR) is 59.2 cm³/mol. The summed E-state index contributed by atoms with van der Waals surface area (Å²) >= 11 is 0. The first-order valence-corrected chi connectivity index (χ1v) is 5.21. The van der Waals surface area contributed by atoms with Gasteiger partial charge in [0.15, 0.2) is 40.5 Å². The van der Waals surface area contributed by atoms with Crippen LogP contribution >= 0.6 is 0 Å². The monoisotopic (exact) mass is 272 g/mol. The van der Waals surface area contributed by atoms with E-state index in [4.69, 9.17) is 4.74 Å². The molecule has 0 atom stereocenters. The van der Waals surface area contributed by atoms with Gasteiger partial charge in [-0.1, -0.05) is 6.07 Å². The van der Waals surface area contributed by atoms with E-state index in [0.717, 1.165) is 25.1 Å². The Morgan fingerprint density at radius 2 is 1.47 bits per heavy atom. The van der Waals surface area contributed by atoms with Crippen molar-refractivity contribution in [3.63, 3.8) is 0 Å². The fraction of sp³-hybridized carbons (Fsp3) is 0.0769. The molecular weight excluding hydrogens is 264 g/mol. The first kappa shape index (κ1) is 13.2. The Morgan fingerprint density at radius 3 is 2.05 bits per heavy atom. The van der Waals surface area contributed by atoms with Gasteiger partial charge in [-0.25, -0.2) is 17.6 Å². The zero-order valence-electron chi connectivity index (χ0n) is 9.68. The molecule has 0 aliphatic rings. The second-order valence-corrected chi connectivity index (χ2v) is 3.80. The van der Waals surface area contributed by atoms with Crippen LogP contribution in [0.2, 0.25) is 0 Å². The number of hydrogen-bond donors (Lipinski definition) is 1. The van der Waals surface area contributed by atoms with Gasteiger partial charge >= 0.3 is 0 Å². The first-order valence-electron chi connectivity index (χ1n) is 5.21. The number of rotatable bonds is 2. The van der Waals surface area contributed by atoms with Crippen molar-refractivity contribution < 1.29 is 27.4 Å². The molecule has 0 heterocycles. The highest BCUT2D eigenvalue weighted by molar-refractivity contribution is 5.47. The maximum atomic E-state index is 13.5. The van der Waals surface area contributed by atoms with Gasteiger partial charge in [-0.05, 0) is 19.1 Å². The number of para-hydroxylation sites is 1. The number of benzene rings is 2. The molecule has 2 nitrogen and oxygen atoms in total. The number of halogens is 4. The van der Waals surface area contributed by atoms with Crippen LogP contribution in [0, 0.1) is 30.2 Å². The number of aromatic hydroxyl groups is 1. The summed E-state index contributed by atoms with van der Waals surface area (Å²) in [6.45, 7) is 1.16. The Labute approximate surface area is 105 Å². The molecule has 0 saturated carbocycles. The van der Waals surface area contributed by atoms with Crippen LogP contribution in [-0.2, 0) is 0 Å². The molecule has 0 aromatic heterocycles. The fourth-order valence-electron chi connectivity index (χ4n) is 1.52. The molecule has 0 amide bonds. The van der Waals surface area contributed by atoms with Crippen molar-refractivity contribution in [1.29, 1.82) is 0 Å². The van der Waals surface area contributed by atoms with Crippen LogP contribution in [-0.4, -0.2) is 5.11 Å². The van der Waals surface area contributed by atoms with Crippen LogP contribution in [0.1, 0.15) is 5.56 Å². The zero-order chi connectivity index (χ0) is 14.2. The van der Waals surface area contributed by atoms with Crippen molar-refractivity contribution in [2.45, 2.75) is 6.92 Å². The molecule has 0 radical (unpaired) electrons.